The van der Waals surface area contributed by atoms with Gasteiger partial charge in [0.15, 0.2) is 0 Å². The van der Waals surface area contributed by atoms with E-state index in [0.29, 0.717) is 11.3 Å². The number of alkyl halides is 3. The molecule has 1 unspecified atom stereocenters. The van der Waals surface area contributed by atoms with Crippen LogP contribution >= 0.6 is 11.3 Å². The maximum Gasteiger partial charge on any atom is 0.445 e. The smallest absolute Gasteiger partial charge is 0.322 e. The zero-order valence-electron chi connectivity index (χ0n) is 6.09. The zero-order valence-corrected chi connectivity index (χ0v) is 6.91. The second-order valence-corrected chi connectivity index (χ2v) is 3.24. The lowest BCUT2D eigenvalue weighted by Crippen LogP contribution is -2.03. The first kappa shape index (κ1) is 9.40. The summed E-state index contributed by atoms with van der Waals surface area (Å²) in [5.74, 6) is 0. The molecule has 0 radical (unpaired) electrons. The monoisotopic (exact) mass is 197 g/mol. The van der Waals surface area contributed by atoms with Crippen LogP contribution in [0.2, 0.25) is 0 Å². The summed E-state index contributed by atoms with van der Waals surface area (Å²) < 4.78 is 35.8. The van der Waals surface area contributed by atoms with Gasteiger partial charge in [-0.05, 0) is 6.92 Å². The molecule has 1 heterocycles. The van der Waals surface area contributed by atoms with Crippen LogP contribution in [0, 0.1) is 0 Å². The van der Waals surface area contributed by atoms with Crippen LogP contribution in [-0.4, -0.2) is 10.2 Å². The molecular weight excluding hydrogens is 191 g/mol. The van der Waals surface area contributed by atoms with Crippen molar-refractivity contribution < 1.29 is 13.2 Å². The average Bonchev–Trinajstić information content (AvgIpc) is 2.30. The first-order valence-corrected chi connectivity index (χ1v) is 3.89. The molecule has 0 saturated heterocycles. The molecule has 0 spiro atoms. The third kappa shape index (κ3) is 1.92. The predicted octanol–water partition coefficient (Wildman–Crippen LogP) is 1.58. The first-order valence-electron chi connectivity index (χ1n) is 3.07. The quantitative estimate of drug-likeness (QED) is 0.743. The van der Waals surface area contributed by atoms with Gasteiger partial charge in [-0.15, -0.1) is 10.2 Å². The van der Waals surface area contributed by atoms with Crippen LogP contribution in [0.4, 0.5) is 13.2 Å². The van der Waals surface area contributed by atoms with Gasteiger partial charge in [-0.3, -0.25) is 0 Å². The second-order valence-electron chi connectivity index (χ2n) is 2.23. The highest BCUT2D eigenvalue weighted by atomic mass is 32.1. The van der Waals surface area contributed by atoms with Gasteiger partial charge in [0.05, 0.1) is 6.04 Å². The van der Waals surface area contributed by atoms with E-state index in [-0.39, 0.29) is 5.01 Å². The summed E-state index contributed by atoms with van der Waals surface area (Å²) in [6, 6.07) is -0.501. The van der Waals surface area contributed by atoms with E-state index in [9.17, 15) is 13.2 Å². The van der Waals surface area contributed by atoms with Gasteiger partial charge in [0.25, 0.3) is 0 Å². The van der Waals surface area contributed by atoms with E-state index in [1.807, 2.05) is 0 Å². The highest BCUT2D eigenvalue weighted by molar-refractivity contribution is 7.11. The summed E-state index contributed by atoms with van der Waals surface area (Å²) in [5.41, 5.74) is 5.31. The highest BCUT2D eigenvalue weighted by Gasteiger charge is 2.35. The molecule has 0 fully saturated rings. The van der Waals surface area contributed by atoms with Crippen molar-refractivity contribution in [2.24, 2.45) is 5.73 Å². The van der Waals surface area contributed by atoms with E-state index >= 15 is 0 Å². The van der Waals surface area contributed by atoms with Gasteiger partial charge >= 0.3 is 6.18 Å². The fourth-order valence-electron chi connectivity index (χ4n) is 0.533. The van der Waals surface area contributed by atoms with E-state index in [1.165, 1.54) is 0 Å². The summed E-state index contributed by atoms with van der Waals surface area (Å²) >= 11 is 0.476. The van der Waals surface area contributed by atoms with Crippen molar-refractivity contribution in [3.8, 4) is 0 Å². The van der Waals surface area contributed by atoms with Gasteiger partial charge in [0.2, 0.25) is 5.01 Å². The van der Waals surface area contributed by atoms with Crippen molar-refractivity contribution in [1.29, 1.82) is 0 Å². The third-order valence-corrected chi connectivity index (χ3v) is 2.24. The Bertz CT molecular complexity index is 267. The van der Waals surface area contributed by atoms with E-state index in [2.05, 4.69) is 10.2 Å². The number of nitrogens with two attached hydrogens (primary N) is 1. The molecule has 7 heteroatoms. The van der Waals surface area contributed by atoms with E-state index in [0.717, 1.165) is 0 Å². The second kappa shape index (κ2) is 2.98. The number of aromatic nitrogens is 2. The SMILES string of the molecule is CC(N)c1nnc(C(F)(F)F)s1. The van der Waals surface area contributed by atoms with Gasteiger partial charge in [0.1, 0.15) is 5.01 Å². The number of rotatable bonds is 1. The van der Waals surface area contributed by atoms with Crippen LogP contribution in [0.25, 0.3) is 0 Å². The molecule has 1 rings (SSSR count). The average molecular weight is 197 g/mol. The van der Waals surface area contributed by atoms with Gasteiger partial charge in [-0.2, -0.15) is 13.2 Å². The van der Waals surface area contributed by atoms with E-state index < -0.39 is 17.2 Å². The van der Waals surface area contributed by atoms with Crippen molar-refractivity contribution in [3.63, 3.8) is 0 Å². The van der Waals surface area contributed by atoms with Crippen molar-refractivity contribution in [1.82, 2.24) is 10.2 Å². The summed E-state index contributed by atoms with van der Waals surface area (Å²) in [5, 5.41) is 5.53. The Hall–Kier alpha value is -0.690. The lowest BCUT2D eigenvalue weighted by Gasteiger charge is -1.98. The molecule has 0 aromatic carbocycles. The molecule has 0 aliphatic carbocycles. The van der Waals surface area contributed by atoms with Crippen molar-refractivity contribution >= 4 is 11.3 Å². The standard InChI is InChI=1S/C5H6F3N3S/c1-2(9)3-10-11-4(12-3)5(6,7)8/h2H,9H2,1H3. The molecule has 12 heavy (non-hydrogen) atoms. The minimum atomic E-state index is -4.41. The predicted molar refractivity (Wildman–Crippen MR) is 37.5 cm³/mol. The molecule has 0 aliphatic heterocycles. The van der Waals surface area contributed by atoms with Crippen LogP contribution in [-0.2, 0) is 6.18 Å². The highest BCUT2D eigenvalue weighted by Crippen LogP contribution is 2.32. The van der Waals surface area contributed by atoms with Gasteiger partial charge < -0.3 is 5.73 Å². The van der Waals surface area contributed by atoms with Crippen molar-refractivity contribution in [2.75, 3.05) is 0 Å². The van der Waals surface area contributed by atoms with Crippen molar-refractivity contribution in [3.05, 3.63) is 10.0 Å². The Labute approximate surface area is 70.4 Å². The van der Waals surface area contributed by atoms with Crippen LogP contribution < -0.4 is 5.73 Å². The normalized spacial score (nSPS) is 14.8. The maximum atomic E-state index is 11.9. The van der Waals surface area contributed by atoms with E-state index in [4.69, 9.17) is 5.73 Å². The van der Waals surface area contributed by atoms with Crippen LogP contribution in [0.1, 0.15) is 23.0 Å². The Morgan fingerprint density at radius 2 is 2.00 bits per heavy atom. The molecule has 2 N–H and O–H groups in total. The topological polar surface area (TPSA) is 51.8 Å². The molecule has 68 valence electrons. The fraction of sp³-hybridized carbons (Fsp3) is 0.600. The van der Waals surface area contributed by atoms with Crippen LogP contribution in [0.15, 0.2) is 0 Å². The molecule has 0 amide bonds. The molecular formula is C5H6F3N3S. The van der Waals surface area contributed by atoms with Gasteiger partial charge in [-0.25, -0.2) is 0 Å². The molecule has 0 saturated carbocycles. The van der Waals surface area contributed by atoms with Crippen LogP contribution in [0.5, 0.6) is 0 Å². The molecule has 0 aliphatic rings. The number of hydrogen-bond donors (Lipinski definition) is 1. The molecule has 1 atom stereocenters. The third-order valence-electron chi connectivity index (χ3n) is 1.07. The number of hydrogen-bond acceptors (Lipinski definition) is 4. The number of halogens is 3. The molecule has 1 aromatic heterocycles. The Balaban J connectivity index is 2.92. The minimum absolute atomic E-state index is 0.197. The maximum absolute atomic E-state index is 11.9. The first-order chi connectivity index (χ1) is 5.41. The lowest BCUT2D eigenvalue weighted by molar-refractivity contribution is -0.138. The summed E-state index contributed by atoms with van der Waals surface area (Å²) in [4.78, 5) is 0. The Morgan fingerprint density at radius 1 is 1.42 bits per heavy atom. The largest absolute Gasteiger partial charge is 0.445 e. The summed E-state index contributed by atoms with van der Waals surface area (Å²) in [7, 11) is 0. The lowest BCUT2D eigenvalue weighted by atomic mass is 10.4. The van der Waals surface area contributed by atoms with Gasteiger partial charge in [-0.1, -0.05) is 11.3 Å². The number of nitrogens with zero attached hydrogens (tertiary/aromatic N) is 2. The molecule has 1 aromatic rings. The fourth-order valence-corrected chi connectivity index (χ4v) is 1.20. The summed E-state index contributed by atoms with van der Waals surface area (Å²) in [6.07, 6.45) is -4.41. The molecule has 3 nitrogen and oxygen atoms in total. The summed E-state index contributed by atoms with van der Waals surface area (Å²) in [6.45, 7) is 1.56. The Kier molecular flexibility index (Phi) is 2.34. The van der Waals surface area contributed by atoms with E-state index in [1.54, 1.807) is 6.92 Å². The van der Waals surface area contributed by atoms with Crippen LogP contribution in [0.3, 0.4) is 0 Å². The van der Waals surface area contributed by atoms with Gasteiger partial charge in [0, 0.05) is 0 Å². The minimum Gasteiger partial charge on any atom is -0.322 e. The van der Waals surface area contributed by atoms with Crippen molar-refractivity contribution in [2.45, 2.75) is 19.1 Å². The zero-order chi connectivity index (χ0) is 9.35. The Morgan fingerprint density at radius 3 is 2.25 bits per heavy atom. The molecule has 0 bridgehead atoms.